The number of anilines is 1. The Balaban J connectivity index is 1.52. The highest BCUT2D eigenvalue weighted by molar-refractivity contribution is 5.79. The lowest BCUT2D eigenvalue weighted by atomic mass is 9.93. The van der Waals surface area contributed by atoms with Gasteiger partial charge in [0.05, 0.1) is 11.6 Å². The molecular weight excluding hydrogens is 575 g/mol. The molecule has 7 nitrogen and oxygen atoms in total. The van der Waals surface area contributed by atoms with Crippen LogP contribution in [0.2, 0.25) is 0 Å². The number of nitrogens with two attached hydrogens (primary N) is 2. The van der Waals surface area contributed by atoms with Crippen LogP contribution in [-0.4, -0.2) is 53.6 Å². The minimum Gasteiger partial charge on any atom is -0.368 e. The summed E-state index contributed by atoms with van der Waals surface area (Å²) in [6.07, 6.45) is -1.15. The van der Waals surface area contributed by atoms with Gasteiger partial charge in [-0.2, -0.15) is 13.2 Å². The van der Waals surface area contributed by atoms with E-state index < -0.39 is 11.7 Å². The van der Waals surface area contributed by atoms with Gasteiger partial charge < -0.3 is 15.5 Å². The maximum Gasteiger partial charge on any atom is 0.416 e. The Labute approximate surface area is 265 Å². The quantitative estimate of drug-likeness (QED) is 0.136. The summed E-state index contributed by atoms with van der Waals surface area (Å²) in [5, 5.41) is 5.54. The standard InChI is InChI=1S/C35H46F3N7/c1-24-17-25(2)19-28(18-24)23-45(34(39)41-42(4)40)32-11-8-14-44(33-21-31(35(36,37)38)26(3)20-30(32)33)29-12-15-43(16-13-29)22-27-9-6-5-7-10-27/h5-7,9-10,17-21,29,32H,8,11-16,22-23,40H2,1-4H3,(H2,39,41)/t32-/m0/s1. The first-order chi connectivity index (χ1) is 21.4. The molecule has 0 spiro atoms. The van der Waals surface area contributed by atoms with Crippen molar-refractivity contribution in [2.75, 3.05) is 31.6 Å². The van der Waals surface area contributed by atoms with E-state index in [1.54, 1.807) is 20.0 Å². The first-order valence-corrected chi connectivity index (χ1v) is 15.8. The lowest BCUT2D eigenvalue weighted by molar-refractivity contribution is -0.138. The summed E-state index contributed by atoms with van der Waals surface area (Å²) < 4.78 is 43.0. The molecule has 0 amide bonds. The number of hydrazine groups is 1. The van der Waals surface area contributed by atoms with Crippen LogP contribution in [-0.2, 0) is 19.3 Å². The Kier molecular flexibility index (Phi) is 9.94. The second-order valence-corrected chi connectivity index (χ2v) is 12.7. The number of guanidine groups is 1. The Morgan fingerprint density at radius 1 is 0.911 bits per heavy atom. The van der Waals surface area contributed by atoms with Crippen LogP contribution in [0.25, 0.3) is 0 Å². The predicted octanol–water partition coefficient (Wildman–Crippen LogP) is 6.47. The van der Waals surface area contributed by atoms with Crippen LogP contribution in [0, 0.1) is 20.8 Å². The SMILES string of the molecule is Cc1cc(C)cc(CN(/C(N)=N/N(C)N)[C@H]2CCCN(C3CCN(Cc4ccccc4)CC3)c3cc(C(F)(F)F)c(C)cc32)c1. The number of fused-ring (bicyclic) bond motifs is 1. The van der Waals surface area contributed by atoms with Gasteiger partial charge in [-0.15, -0.1) is 5.10 Å². The molecule has 45 heavy (non-hydrogen) atoms. The van der Waals surface area contributed by atoms with E-state index in [9.17, 15) is 13.2 Å². The third kappa shape index (κ3) is 7.91. The van der Waals surface area contributed by atoms with Crippen LogP contribution in [0.15, 0.2) is 65.8 Å². The normalized spacial score (nSPS) is 18.4. The number of aryl methyl sites for hydroxylation is 3. The molecule has 0 aliphatic carbocycles. The maximum absolute atomic E-state index is 14.3. The molecule has 1 atom stereocenters. The van der Waals surface area contributed by atoms with Gasteiger partial charge in [0, 0.05) is 51.5 Å². The molecule has 10 heteroatoms. The zero-order valence-electron chi connectivity index (χ0n) is 26.8. The minimum atomic E-state index is -4.45. The Morgan fingerprint density at radius 3 is 2.20 bits per heavy atom. The van der Waals surface area contributed by atoms with Gasteiger partial charge in [-0.1, -0.05) is 65.7 Å². The molecule has 3 aromatic rings. The van der Waals surface area contributed by atoms with Gasteiger partial charge in [-0.25, -0.2) is 11.0 Å². The van der Waals surface area contributed by atoms with Gasteiger partial charge in [0.2, 0.25) is 5.96 Å². The number of likely N-dealkylation sites (tertiary alicyclic amines) is 1. The van der Waals surface area contributed by atoms with Gasteiger partial charge in [0.1, 0.15) is 0 Å². The molecule has 5 rings (SSSR count). The van der Waals surface area contributed by atoms with Gasteiger partial charge >= 0.3 is 6.18 Å². The van der Waals surface area contributed by atoms with Crippen molar-refractivity contribution in [1.82, 2.24) is 14.9 Å². The van der Waals surface area contributed by atoms with Gasteiger partial charge in [0.15, 0.2) is 0 Å². The highest BCUT2D eigenvalue weighted by atomic mass is 19.4. The van der Waals surface area contributed by atoms with E-state index in [0.29, 0.717) is 18.8 Å². The first kappa shape index (κ1) is 32.6. The number of hydrazone groups is 1. The molecule has 0 aromatic heterocycles. The average molecular weight is 622 g/mol. The van der Waals surface area contributed by atoms with Crippen molar-refractivity contribution < 1.29 is 13.2 Å². The summed E-state index contributed by atoms with van der Waals surface area (Å²) in [7, 11) is 1.61. The first-order valence-electron chi connectivity index (χ1n) is 15.8. The molecule has 0 radical (unpaired) electrons. The summed E-state index contributed by atoms with van der Waals surface area (Å²) in [5.74, 6) is 6.13. The molecule has 0 unspecified atom stereocenters. The minimum absolute atomic E-state index is 0.146. The van der Waals surface area contributed by atoms with E-state index >= 15 is 0 Å². The number of piperidine rings is 1. The van der Waals surface area contributed by atoms with Crippen molar-refractivity contribution in [3.05, 3.63) is 99.6 Å². The molecule has 0 bridgehead atoms. The summed E-state index contributed by atoms with van der Waals surface area (Å²) in [6, 6.07) is 19.7. The molecule has 4 N–H and O–H groups in total. The third-order valence-corrected chi connectivity index (χ3v) is 9.04. The highest BCUT2D eigenvalue weighted by Crippen LogP contribution is 2.44. The van der Waals surface area contributed by atoms with Crippen LogP contribution in [0.5, 0.6) is 0 Å². The molecule has 1 saturated heterocycles. The molecular formula is C35H46F3N7. The summed E-state index contributed by atoms with van der Waals surface area (Å²) in [6.45, 7) is 9.46. The number of rotatable bonds is 7. The van der Waals surface area contributed by atoms with Crippen LogP contribution >= 0.6 is 0 Å². The number of hydrogen-bond acceptors (Lipinski definition) is 5. The molecule has 2 aliphatic rings. The van der Waals surface area contributed by atoms with Gasteiger partial charge in [-0.3, -0.25) is 4.90 Å². The smallest absolute Gasteiger partial charge is 0.368 e. The van der Waals surface area contributed by atoms with E-state index in [-0.39, 0.29) is 23.6 Å². The molecule has 3 aromatic carbocycles. The van der Waals surface area contributed by atoms with Crippen LogP contribution < -0.4 is 16.5 Å². The fourth-order valence-electron chi connectivity index (χ4n) is 7.13. The predicted molar refractivity (Wildman–Crippen MR) is 175 cm³/mol. The number of hydrogen-bond donors (Lipinski definition) is 2. The summed E-state index contributed by atoms with van der Waals surface area (Å²) in [5.41, 5.74) is 12.4. The van der Waals surface area contributed by atoms with Gasteiger partial charge in [0.25, 0.3) is 0 Å². The monoisotopic (exact) mass is 621 g/mol. The largest absolute Gasteiger partial charge is 0.416 e. The highest BCUT2D eigenvalue weighted by Gasteiger charge is 2.38. The Hall–Kier alpha value is -3.76. The fraction of sp³-hybridized carbons (Fsp3) is 0.457. The van der Waals surface area contributed by atoms with E-state index in [4.69, 9.17) is 11.6 Å². The topological polar surface area (TPSA) is 77.4 Å². The molecule has 2 heterocycles. The molecule has 2 aliphatic heterocycles. The van der Waals surface area contributed by atoms with Crippen molar-refractivity contribution in [2.24, 2.45) is 16.7 Å². The van der Waals surface area contributed by atoms with Crippen molar-refractivity contribution in [3.8, 4) is 0 Å². The van der Waals surface area contributed by atoms with Crippen molar-refractivity contribution in [3.63, 3.8) is 0 Å². The lowest BCUT2D eigenvalue weighted by Gasteiger charge is -2.41. The average Bonchev–Trinajstić information content (AvgIpc) is 3.14. The number of alkyl halides is 3. The van der Waals surface area contributed by atoms with Crippen molar-refractivity contribution in [2.45, 2.75) is 77.8 Å². The number of benzene rings is 3. The Morgan fingerprint density at radius 2 is 1.58 bits per heavy atom. The van der Waals surface area contributed by atoms with Crippen LogP contribution in [0.3, 0.4) is 0 Å². The second kappa shape index (κ2) is 13.7. The van der Waals surface area contributed by atoms with Crippen molar-refractivity contribution >= 4 is 11.6 Å². The van der Waals surface area contributed by atoms with Crippen molar-refractivity contribution in [1.29, 1.82) is 0 Å². The maximum atomic E-state index is 14.3. The second-order valence-electron chi connectivity index (χ2n) is 12.7. The molecule has 242 valence electrons. The molecule has 1 fully saturated rings. The van der Waals surface area contributed by atoms with Crippen LogP contribution in [0.4, 0.5) is 18.9 Å². The van der Waals surface area contributed by atoms with E-state index in [0.717, 1.165) is 67.6 Å². The van der Waals surface area contributed by atoms with E-state index in [1.165, 1.54) is 16.7 Å². The summed E-state index contributed by atoms with van der Waals surface area (Å²) >= 11 is 0. The van der Waals surface area contributed by atoms with Gasteiger partial charge in [-0.05, 0) is 74.8 Å². The van der Waals surface area contributed by atoms with E-state index in [1.807, 2.05) is 11.0 Å². The summed E-state index contributed by atoms with van der Waals surface area (Å²) in [4.78, 5) is 6.70. The van der Waals surface area contributed by atoms with Crippen LogP contribution in [0.1, 0.15) is 70.7 Å². The number of halogens is 3. The Bertz CT molecular complexity index is 1460. The zero-order chi connectivity index (χ0) is 32.3. The zero-order valence-corrected chi connectivity index (χ0v) is 26.8. The fourth-order valence-corrected chi connectivity index (χ4v) is 7.13. The third-order valence-electron chi connectivity index (χ3n) is 9.04. The lowest BCUT2D eigenvalue weighted by Crippen LogP contribution is -2.45. The van der Waals surface area contributed by atoms with E-state index in [2.05, 4.69) is 71.2 Å². The molecule has 0 saturated carbocycles. The number of nitrogens with zero attached hydrogens (tertiary/aromatic N) is 5.